The number of thioether (sulfide) groups is 1. The summed E-state index contributed by atoms with van der Waals surface area (Å²) in [7, 11) is 0. The number of carbonyl (C=O) groups excluding carboxylic acids is 1. The molecule has 4 nitrogen and oxygen atoms in total. The molecule has 0 unspecified atom stereocenters. The summed E-state index contributed by atoms with van der Waals surface area (Å²) in [6.07, 6.45) is 14.2. The van der Waals surface area contributed by atoms with E-state index in [-0.39, 0.29) is 5.78 Å². The van der Waals surface area contributed by atoms with Crippen LogP contribution in [0.4, 0.5) is 0 Å². The Labute approximate surface area is 200 Å². The van der Waals surface area contributed by atoms with Crippen LogP contribution in [0.25, 0.3) is 11.7 Å². The number of carbonyl (C=O) groups is 1. The van der Waals surface area contributed by atoms with Crippen LogP contribution in [0.5, 0.6) is 0 Å². The van der Waals surface area contributed by atoms with Gasteiger partial charge in [-0.3, -0.25) is 9.20 Å². The zero-order valence-corrected chi connectivity index (χ0v) is 19.8. The third-order valence-corrected chi connectivity index (χ3v) is 7.77. The number of benzene rings is 1. The molecular formula is C28H31N3OS. The molecule has 0 radical (unpaired) electrons. The molecule has 3 aromatic rings. The van der Waals surface area contributed by atoms with E-state index in [1.165, 1.54) is 44.5 Å². The van der Waals surface area contributed by atoms with Gasteiger partial charge in [-0.15, -0.1) is 0 Å². The van der Waals surface area contributed by atoms with Crippen LogP contribution in [-0.4, -0.2) is 39.7 Å². The molecule has 0 spiro atoms. The van der Waals surface area contributed by atoms with Crippen LogP contribution in [0.2, 0.25) is 0 Å². The highest BCUT2D eigenvalue weighted by Crippen LogP contribution is 2.35. The molecule has 2 aliphatic heterocycles. The Balaban J connectivity index is 1.03. The van der Waals surface area contributed by atoms with Crippen LogP contribution >= 0.6 is 11.8 Å². The summed E-state index contributed by atoms with van der Waals surface area (Å²) in [4.78, 5) is 20.6. The number of ketones is 1. The summed E-state index contributed by atoms with van der Waals surface area (Å²) in [6, 6.07) is 16.9. The lowest BCUT2D eigenvalue weighted by atomic mass is 9.91. The van der Waals surface area contributed by atoms with E-state index in [0.29, 0.717) is 12.3 Å². The maximum absolute atomic E-state index is 12.5. The molecule has 1 saturated heterocycles. The first-order chi connectivity index (χ1) is 16.2. The fraction of sp³-hybridized carbons (Fsp3) is 0.357. The minimum Gasteiger partial charge on any atom is -0.303 e. The van der Waals surface area contributed by atoms with Gasteiger partial charge >= 0.3 is 0 Å². The minimum absolute atomic E-state index is 0.235. The van der Waals surface area contributed by atoms with Crippen molar-refractivity contribution in [2.24, 2.45) is 5.92 Å². The van der Waals surface area contributed by atoms with Crippen molar-refractivity contribution in [3.05, 3.63) is 83.0 Å². The standard InChI is InChI=1S/C28H31N3OS/c32-25(13-14-26-20-24-21-29-27-9-4-10-28(33-26)31(24)27)12-11-23-15-18-30(19-16-23)17-5-8-22-6-2-1-3-7-22/h1-4,6-7,9-10,13-14,20-21,23H,5,8,11-12,15-19H2/b14-13+. The molecule has 4 heterocycles. The molecule has 1 aromatic carbocycles. The number of imidazole rings is 1. The van der Waals surface area contributed by atoms with Crippen molar-refractivity contribution >= 4 is 29.3 Å². The minimum atomic E-state index is 0.235. The van der Waals surface area contributed by atoms with Crippen molar-refractivity contribution in [1.29, 1.82) is 0 Å². The Morgan fingerprint density at radius 2 is 1.94 bits per heavy atom. The molecule has 33 heavy (non-hydrogen) atoms. The van der Waals surface area contributed by atoms with Gasteiger partial charge in [0.1, 0.15) is 5.65 Å². The predicted molar refractivity (Wildman–Crippen MR) is 136 cm³/mol. The van der Waals surface area contributed by atoms with Crippen LogP contribution in [0.3, 0.4) is 0 Å². The largest absolute Gasteiger partial charge is 0.303 e. The van der Waals surface area contributed by atoms with Crippen LogP contribution in [0, 0.1) is 5.92 Å². The number of hydrogen-bond donors (Lipinski definition) is 0. The van der Waals surface area contributed by atoms with Crippen molar-refractivity contribution in [3.8, 4) is 0 Å². The van der Waals surface area contributed by atoms with Gasteiger partial charge in [0.05, 0.1) is 16.9 Å². The third-order valence-electron chi connectivity index (χ3n) is 6.76. The summed E-state index contributed by atoms with van der Waals surface area (Å²) in [5.41, 5.74) is 3.47. The van der Waals surface area contributed by atoms with Crippen molar-refractivity contribution < 1.29 is 4.79 Å². The van der Waals surface area contributed by atoms with Gasteiger partial charge < -0.3 is 4.90 Å². The second kappa shape index (κ2) is 10.5. The van der Waals surface area contributed by atoms with Gasteiger partial charge in [0.15, 0.2) is 5.78 Å². The van der Waals surface area contributed by atoms with Gasteiger partial charge in [0, 0.05) is 11.3 Å². The van der Waals surface area contributed by atoms with Gasteiger partial charge in [-0.25, -0.2) is 4.98 Å². The smallest absolute Gasteiger partial charge is 0.155 e. The number of allylic oxidation sites excluding steroid dienone is 2. The first kappa shape index (κ1) is 22.2. The van der Waals surface area contributed by atoms with Crippen LogP contribution < -0.4 is 0 Å². The van der Waals surface area contributed by atoms with Gasteiger partial charge in [0.25, 0.3) is 0 Å². The Morgan fingerprint density at radius 3 is 2.79 bits per heavy atom. The van der Waals surface area contributed by atoms with Crippen LogP contribution in [0.15, 0.2) is 76.8 Å². The van der Waals surface area contributed by atoms with Crippen LogP contribution in [-0.2, 0) is 11.2 Å². The lowest BCUT2D eigenvalue weighted by Crippen LogP contribution is -2.34. The number of aryl methyl sites for hydroxylation is 1. The first-order valence-corrected chi connectivity index (χ1v) is 12.9. The molecule has 0 atom stereocenters. The zero-order chi connectivity index (χ0) is 22.5. The quantitative estimate of drug-likeness (QED) is 0.368. The fourth-order valence-corrected chi connectivity index (χ4v) is 5.84. The SMILES string of the molecule is O=C(/C=C/C1=Cc2cnc3cccc(n23)S1)CCC1CCN(CCCc2ccccc2)CC1. The summed E-state index contributed by atoms with van der Waals surface area (Å²) in [5, 5.41) is 1.14. The molecular weight excluding hydrogens is 426 g/mol. The van der Waals surface area contributed by atoms with E-state index in [0.717, 1.165) is 34.1 Å². The number of hydrogen-bond acceptors (Lipinski definition) is 4. The van der Waals surface area contributed by atoms with E-state index >= 15 is 0 Å². The molecule has 170 valence electrons. The second-order valence-electron chi connectivity index (χ2n) is 9.10. The molecule has 0 bridgehead atoms. The average Bonchev–Trinajstić information content (AvgIpc) is 3.27. The Kier molecular flexibility index (Phi) is 7.08. The summed E-state index contributed by atoms with van der Waals surface area (Å²) in [6.45, 7) is 3.53. The van der Waals surface area contributed by atoms with Gasteiger partial charge in [0.2, 0.25) is 0 Å². The van der Waals surface area contributed by atoms with Gasteiger partial charge in [-0.1, -0.05) is 48.2 Å². The molecule has 5 heteroatoms. The Hall–Kier alpha value is -2.63. The third kappa shape index (κ3) is 5.66. The lowest BCUT2D eigenvalue weighted by molar-refractivity contribution is -0.114. The molecule has 2 aromatic heterocycles. The highest BCUT2D eigenvalue weighted by Gasteiger charge is 2.19. The van der Waals surface area contributed by atoms with Crippen LogP contribution in [0.1, 0.15) is 43.4 Å². The molecule has 0 N–H and O–H groups in total. The maximum Gasteiger partial charge on any atom is 0.155 e. The second-order valence-corrected chi connectivity index (χ2v) is 10.2. The monoisotopic (exact) mass is 457 g/mol. The first-order valence-electron chi connectivity index (χ1n) is 12.1. The van der Waals surface area contributed by atoms with Crippen molar-refractivity contribution in [2.45, 2.75) is 43.6 Å². The topological polar surface area (TPSA) is 37.6 Å². The number of likely N-dealkylation sites (tertiary alicyclic amines) is 1. The number of piperidine rings is 1. The normalized spacial score (nSPS) is 17.0. The molecule has 2 aliphatic rings. The lowest BCUT2D eigenvalue weighted by Gasteiger charge is -2.31. The Morgan fingerprint density at radius 1 is 1.09 bits per heavy atom. The number of pyridine rings is 1. The van der Waals surface area contributed by atoms with Crippen molar-refractivity contribution in [3.63, 3.8) is 0 Å². The molecule has 0 aliphatic carbocycles. The van der Waals surface area contributed by atoms with Crippen molar-refractivity contribution in [1.82, 2.24) is 14.3 Å². The molecule has 0 saturated carbocycles. The molecule has 5 rings (SSSR count). The number of aromatic nitrogens is 2. The summed E-state index contributed by atoms with van der Waals surface area (Å²) < 4.78 is 2.15. The fourth-order valence-electron chi connectivity index (χ4n) is 4.84. The van der Waals surface area contributed by atoms with E-state index in [4.69, 9.17) is 0 Å². The highest BCUT2D eigenvalue weighted by atomic mass is 32.2. The highest BCUT2D eigenvalue weighted by molar-refractivity contribution is 8.03. The average molecular weight is 458 g/mol. The van der Waals surface area contributed by atoms with E-state index < -0.39 is 0 Å². The molecule has 1 fully saturated rings. The van der Waals surface area contributed by atoms with E-state index in [2.05, 4.69) is 56.8 Å². The number of nitrogens with zero attached hydrogens (tertiary/aromatic N) is 3. The predicted octanol–water partition coefficient (Wildman–Crippen LogP) is 6.03. The molecule has 0 amide bonds. The Bertz CT molecular complexity index is 1160. The number of rotatable bonds is 9. The van der Waals surface area contributed by atoms with Gasteiger partial charge in [-0.2, -0.15) is 0 Å². The maximum atomic E-state index is 12.5. The summed E-state index contributed by atoms with van der Waals surface area (Å²) >= 11 is 1.69. The van der Waals surface area contributed by atoms with E-state index in [1.807, 2.05) is 24.4 Å². The van der Waals surface area contributed by atoms with E-state index in [9.17, 15) is 4.79 Å². The van der Waals surface area contributed by atoms with Crippen molar-refractivity contribution in [2.75, 3.05) is 19.6 Å². The van der Waals surface area contributed by atoms with E-state index in [1.54, 1.807) is 17.8 Å². The van der Waals surface area contributed by atoms with Gasteiger partial charge in [-0.05, 0) is 93.6 Å². The summed E-state index contributed by atoms with van der Waals surface area (Å²) in [5.74, 6) is 0.919. The zero-order valence-electron chi connectivity index (χ0n) is 19.0.